The van der Waals surface area contributed by atoms with Gasteiger partial charge < -0.3 is 14.7 Å². The summed E-state index contributed by atoms with van der Waals surface area (Å²) in [5.41, 5.74) is 5.42. The summed E-state index contributed by atoms with van der Waals surface area (Å²) < 4.78 is 2.23. The van der Waals surface area contributed by atoms with Gasteiger partial charge in [-0.05, 0) is 70.7 Å². The van der Waals surface area contributed by atoms with Gasteiger partial charge in [-0.1, -0.05) is 18.2 Å². The first-order chi connectivity index (χ1) is 17.8. The predicted molar refractivity (Wildman–Crippen MR) is 148 cm³/mol. The Morgan fingerprint density at radius 2 is 1.95 bits per heavy atom. The number of piperidine rings is 1. The maximum Gasteiger partial charge on any atom is 0.245 e. The van der Waals surface area contributed by atoms with Crippen LogP contribution in [0.15, 0.2) is 24.9 Å². The minimum Gasteiger partial charge on any atom is -0.346 e. The second-order valence-electron chi connectivity index (χ2n) is 11.2. The number of likely N-dealkylation sites (tertiary alicyclic amines) is 1. The highest BCUT2D eigenvalue weighted by Gasteiger charge is 2.47. The molecular formula is C28H36ClN7O. The van der Waals surface area contributed by atoms with Gasteiger partial charge in [0, 0.05) is 54.9 Å². The fourth-order valence-corrected chi connectivity index (χ4v) is 7.01. The number of rotatable bonds is 4. The molecule has 8 nitrogen and oxygen atoms in total. The molecule has 196 valence electrons. The van der Waals surface area contributed by atoms with E-state index in [9.17, 15) is 4.79 Å². The molecule has 9 heteroatoms. The molecule has 2 aliphatic heterocycles. The van der Waals surface area contributed by atoms with Gasteiger partial charge >= 0.3 is 0 Å². The molecule has 3 aromatic rings. The molecule has 6 rings (SSSR count). The van der Waals surface area contributed by atoms with Crippen LogP contribution in [-0.2, 0) is 4.79 Å². The van der Waals surface area contributed by atoms with E-state index in [1.807, 2.05) is 11.1 Å². The molecule has 2 saturated heterocycles. The van der Waals surface area contributed by atoms with E-state index in [1.54, 1.807) is 0 Å². The van der Waals surface area contributed by atoms with Crippen molar-refractivity contribution in [2.45, 2.75) is 57.5 Å². The number of benzene rings is 1. The second kappa shape index (κ2) is 9.17. The van der Waals surface area contributed by atoms with Crippen molar-refractivity contribution >= 4 is 34.2 Å². The molecule has 0 atom stereocenters. The molecule has 0 unspecified atom stereocenters. The van der Waals surface area contributed by atoms with E-state index in [2.05, 4.69) is 58.2 Å². The number of fused-ring (bicyclic) bond motifs is 1. The summed E-state index contributed by atoms with van der Waals surface area (Å²) in [6, 6.07) is 2.30. The second-order valence-corrected chi connectivity index (χ2v) is 11.5. The number of nitrogens with zero attached hydrogens (tertiary/aromatic N) is 6. The normalized spacial score (nSPS) is 20.5. The highest BCUT2D eigenvalue weighted by atomic mass is 35.5. The quantitative estimate of drug-likeness (QED) is 0.503. The fourth-order valence-electron chi connectivity index (χ4n) is 6.76. The average Bonchev–Trinajstić information content (AvgIpc) is 3.47. The van der Waals surface area contributed by atoms with E-state index >= 15 is 0 Å². The molecule has 0 bridgehead atoms. The Labute approximate surface area is 223 Å². The van der Waals surface area contributed by atoms with Crippen molar-refractivity contribution in [1.29, 1.82) is 0 Å². The maximum absolute atomic E-state index is 12.2. The van der Waals surface area contributed by atoms with Crippen molar-refractivity contribution in [3.05, 3.63) is 41.2 Å². The smallest absolute Gasteiger partial charge is 0.245 e. The largest absolute Gasteiger partial charge is 0.346 e. The van der Waals surface area contributed by atoms with E-state index in [0.717, 1.165) is 89.7 Å². The lowest BCUT2D eigenvalue weighted by molar-refractivity contribution is -0.127. The zero-order valence-electron chi connectivity index (χ0n) is 22.1. The van der Waals surface area contributed by atoms with Crippen molar-refractivity contribution < 1.29 is 4.79 Å². The van der Waals surface area contributed by atoms with Crippen LogP contribution in [0.5, 0.6) is 0 Å². The van der Waals surface area contributed by atoms with Crippen molar-refractivity contribution in [1.82, 2.24) is 29.8 Å². The molecule has 1 saturated carbocycles. The lowest BCUT2D eigenvalue weighted by Gasteiger charge is -2.56. The highest BCUT2D eigenvalue weighted by molar-refractivity contribution is 6.36. The number of carbonyl (C=O) groups is 1. The van der Waals surface area contributed by atoms with Crippen LogP contribution in [-0.4, -0.2) is 81.0 Å². The number of likely N-dealkylation sites (N-methyl/N-ethyl adjacent to an activating group) is 1. The van der Waals surface area contributed by atoms with Crippen LogP contribution in [0, 0.1) is 13.8 Å². The summed E-state index contributed by atoms with van der Waals surface area (Å²) in [4.78, 5) is 19.1. The van der Waals surface area contributed by atoms with Gasteiger partial charge in [0.2, 0.25) is 5.91 Å². The number of anilines is 1. The number of aryl methyl sites for hydroxylation is 1. The van der Waals surface area contributed by atoms with E-state index in [-0.39, 0.29) is 17.5 Å². The summed E-state index contributed by atoms with van der Waals surface area (Å²) in [6.45, 7) is 12.3. The van der Waals surface area contributed by atoms with Crippen LogP contribution in [0.4, 0.5) is 5.82 Å². The van der Waals surface area contributed by atoms with Gasteiger partial charge in [-0.2, -0.15) is 10.2 Å². The Morgan fingerprint density at radius 3 is 2.62 bits per heavy atom. The summed E-state index contributed by atoms with van der Waals surface area (Å²) in [5, 5.41) is 14.7. The molecule has 3 aliphatic rings. The minimum absolute atomic E-state index is 0.00951. The van der Waals surface area contributed by atoms with Crippen molar-refractivity contribution in [2.24, 2.45) is 0 Å². The zero-order valence-corrected chi connectivity index (χ0v) is 22.8. The van der Waals surface area contributed by atoms with Crippen LogP contribution >= 0.6 is 11.6 Å². The number of carbonyl (C=O) groups excluding carboxylic acids is 1. The molecule has 1 amide bonds. The van der Waals surface area contributed by atoms with E-state index in [1.165, 1.54) is 25.3 Å². The van der Waals surface area contributed by atoms with Gasteiger partial charge in [0.25, 0.3) is 0 Å². The summed E-state index contributed by atoms with van der Waals surface area (Å²) in [5.74, 6) is 1.06. The first-order valence-corrected chi connectivity index (χ1v) is 13.8. The van der Waals surface area contributed by atoms with E-state index in [0.29, 0.717) is 0 Å². The van der Waals surface area contributed by atoms with Crippen LogP contribution in [0.25, 0.3) is 22.0 Å². The van der Waals surface area contributed by atoms with Crippen LogP contribution in [0.1, 0.15) is 49.4 Å². The van der Waals surface area contributed by atoms with Crippen molar-refractivity contribution in [2.75, 3.05) is 44.7 Å². The molecule has 1 aliphatic carbocycles. The monoisotopic (exact) mass is 521 g/mol. The van der Waals surface area contributed by atoms with Gasteiger partial charge in [-0.15, -0.1) is 0 Å². The van der Waals surface area contributed by atoms with Gasteiger partial charge in [-0.25, -0.2) is 0 Å². The Kier molecular flexibility index (Phi) is 6.07. The van der Waals surface area contributed by atoms with Crippen molar-refractivity contribution in [3.8, 4) is 11.1 Å². The third-order valence-electron chi connectivity index (χ3n) is 8.92. The maximum atomic E-state index is 12.2. The Balaban J connectivity index is 1.50. The average molecular weight is 522 g/mol. The SMILES string of the molecule is C=CC(=O)N1CCC(n2nc(N3CCN(C)CC34CCC4)c(-c3c(Cl)c(C)cc4[nH]ncc34)c2C)CC1. The number of nitrogens with one attached hydrogen (secondary N) is 1. The number of H-pyrrole nitrogens is 1. The summed E-state index contributed by atoms with van der Waals surface area (Å²) >= 11 is 7.09. The minimum atomic E-state index is 0.00951. The molecule has 37 heavy (non-hydrogen) atoms. The number of piperazine rings is 1. The fraction of sp³-hybridized carbons (Fsp3) is 0.536. The Hall–Kier alpha value is -2.84. The topological polar surface area (TPSA) is 73.3 Å². The third-order valence-corrected chi connectivity index (χ3v) is 9.41. The molecule has 1 aromatic carbocycles. The first kappa shape index (κ1) is 24.5. The molecule has 1 N–H and O–H groups in total. The van der Waals surface area contributed by atoms with Gasteiger partial charge in [-0.3, -0.25) is 14.6 Å². The molecule has 3 fully saturated rings. The summed E-state index contributed by atoms with van der Waals surface area (Å²) in [6.07, 6.45) is 8.68. The number of hydrogen-bond acceptors (Lipinski definition) is 5. The van der Waals surface area contributed by atoms with Gasteiger partial charge in [0.1, 0.15) is 0 Å². The summed E-state index contributed by atoms with van der Waals surface area (Å²) in [7, 11) is 2.23. The van der Waals surface area contributed by atoms with E-state index in [4.69, 9.17) is 16.7 Å². The highest BCUT2D eigenvalue weighted by Crippen LogP contribution is 2.49. The number of amides is 1. The third kappa shape index (κ3) is 3.87. The molecule has 4 heterocycles. The Morgan fingerprint density at radius 1 is 1.19 bits per heavy atom. The number of aromatic amines is 1. The molecule has 2 aromatic heterocycles. The van der Waals surface area contributed by atoms with Crippen LogP contribution in [0.3, 0.4) is 0 Å². The first-order valence-electron chi connectivity index (χ1n) is 13.4. The zero-order chi connectivity index (χ0) is 25.9. The van der Waals surface area contributed by atoms with Crippen LogP contribution in [0.2, 0.25) is 5.02 Å². The lowest BCUT2D eigenvalue weighted by Crippen LogP contribution is -2.65. The van der Waals surface area contributed by atoms with Gasteiger partial charge in [0.05, 0.1) is 28.3 Å². The van der Waals surface area contributed by atoms with E-state index < -0.39 is 0 Å². The number of halogens is 1. The van der Waals surface area contributed by atoms with Crippen LogP contribution < -0.4 is 4.90 Å². The van der Waals surface area contributed by atoms with Crippen molar-refractivity contribution in [3.63, 3.8) is 0 Å². The van der Waals surface area contributed by atoms with Gasteiger partial charge in [0.15, 0.2) is 5.82 Å². The Bertz CT molecular complexity index is 1360. The molecule has 0 radical (unpaired) electrons. The number of hydrogen-bond donors (Lipinski definition) is 1. The number of aromatic nitrogens is 4. The molecular weight excluding hydrogens is 486 g/mol. The predicted octanol–water partition coefficient (Wildman–Crippen LogP) is 4.72. The molecule has 1 spiro atoms. The lowest BCUT2D eigenvalue weighted by atomic mass is 9.73. The standard InChI is InChI=1S/C28H36ClN7O/c1-5-23(37)34-11-7-20(8-12-34)36-19(3)24(25-21-16-30-31-22(21)15-18(2)26(25)29)27(32-36)35-14-13-33(4)17-28(35)9-6-10-28/h5,15-16,20H,1,6-14,17H2,2-4H3,(H,30,31).